The average Bonchev–Trinajstić information content (AvgIpc) is 2.02. The van der Waals surface area contributed by atoms with Gasteiger partial charge in [-0.15, -0.1) is 0 Å². The molecule has 0 aliphatic carbocycles. The summed E-state index contributed by atoms with van der Waals surface area (Å²) in [5, 5.41) is 5.46. The molecule has 0 unspecified atom stereocenters. The van der Waals surface area contributed by atoms with E-state index in [4.69, 9.17) is 0 Å². The van der Waals surface area contributed by atoms with Gasteiger partial charge in [0.2, 0.25) is 0 Å². The van der Waals surface area contributed by atoms with Crippen LogP contribution in [0.25, 0.3) is 0 Å². The minimum Gasteiger partial charge on any atom is -0.267 e. The van der Waals surface area contributed by atoms with Crippen LogP contribution in [0.15, 0.2) is 4.79 Å². The molecule has 0 fully saturated rings. The summed E-state index contributed by atoms with van der Waals surface area (Å²) >= 11 is 2.98. The van der Waals surface area contributed by atoms with Gasteiger partial charge in [0.15, 0.2) is 0 Å². The van der Waals surface area contributed by atoms with Crippen molar-refractivity contribution in [2.24, 2.45) is 0 Å². The van der Waals surface area contributed by atoms with Crippen molar-refractivity contribution < 1.29 is 13.2 Å². The van der Waals surface area contributed by atoms with Crippen LogP contribution in [0.4, 0.5) is 13.2 Å². The van der Waals surface area contributed by atoms with Crippen molar-refractivity contribution >= 4 is 15.9 Å². The van der Waals surface area contributed by atoms with Gasteiger partial charge in [-0.05, 0) is 12.5 Å². The molecule has 78 valence electrons. The van der Waals surface area contributed by atoms with Crippen molar-refractivity contribution in [1.82, 2.24) is 10.2 Å². The summed E-state index contributed by atoms with van der Waals surface area (Å²) in [6.45, 7) is 1.22. The van der Waals surface area contributed by atoms with E-state index in [0.717, 1.165) is 0 Å². The lowest BCUT2D eigenvalue weighted by molar-refractivity contribution is -0.139. The number of hydrogen-bond acceptors (Lipinski definition) is 2. The molecule has 0 atom stereocenters. The molecule has 0 radical (unpaired) electrons. The van der Waals surface area contributed by atoms with Gasteiger partial charge >= 0.3 is 6.18 Å². The van der Waals surface area contributed by atoms with Gasteiger partial charge < -0.3 is 0 Å². The van der Waals surface area contributed by atoms with Gasteiger partial charge in [-0.1, -0.05) is 15.9 Å². The zero-order valence-electron chi connectivity index (χ0n) is 7.07. The van der Waals surface area contributed by atoms with E-state index in [9.17, 15) is 18.0 Å². The third-order valence-electron chi connectivity index (χ3n) is 1.74. The smallest absolute Gasteiger partial charge is 0.267 e. The molecule has 1 rings (SSSR count). The molecule has 0 saturated carbocycles. The van der Waals surface area contributed by atoms with Gasteiger partial charge in [-0.2, -0.15) is 18.3 Å². The first-order valence-corrected chi connectivity index (χ1v) is 4.71. The Morgan fingerprint density at radius 3 is 2.50 bits per heavy atom. The molecule has 0 aromatic carbocycles. The summed E-state index contributed by atoms with van der Waals surface area (Å²) in [6, 6.07) is 0. The van der Waals surface area contributed by atoms with Crippen molar-refractivity contribution in [1.29, 1.82) is 0 Å². The number of aromatic amines is 1. The van der Waals surface area contributed by atoms with Crippen LogP contribution in [0.2, 0.25) is 0 Å². The lowest BCUT2D eigenvalue weighted by Crippen LogP contribution is -2.25. The van der Waals surface area contributed by atoms with Crippen LogP contribution in [0.3, 0.4) is 0 Å². The maximum atomic E-state index is 12.4. The molecule has 1 aromatic rings. The molecule has 14 heavy (non-hydrogen) atoms. The largest absolute Gasteiger partial charge is 0.422 e. The van der Waals surface area contributed by atoms with E-state index < -0.39 is 17.3 Å². The van der Waals surface area contributed by atoms with Gasteiger partial charge in [-0.25, -0.2) is 5.10 Å². The monoisotopic (exact) mass is 270 g/mol. The maximum absolute atomic E-state index is 12.4. The number of H-pyrrole nitrogens is 1. The summed E-state index contributed by atoms with van der Waals surface area (Å²) in [5.41, 5.74) is -2.35. The highest BCUT2D eigenvalue weighted by Crippen LogP contribution is 2.29. The van der Waals surface area contributed by atoms with Gasteiger partial charge in [0, 0.05) is 5.33 Å². The predicted molar refractivity (Wildman–Crippen MR) is 47.2 cm³/mol. The predicted octanol–water partition coefficient (Wildman–Crippen LogP) is 1.99. The Morgan fingerprint density at radius 2 is 2.07 bits per heavy atom. The zero-order chi connectivity index (χ0) is 10.9. The minimum absolute atomic E-state index is 0.141. The van der Waals surface area contributed by atoms with E-state index in [1.807, 2.05) is 5.10 Å². The molecular weight excluding hydrogens is 265 g/mol. The molecule has 7 heteroatoms. The molecule has 0 bridgehead atoms. The first-order valence-electron chi connectivity index (χ1n) is 3.59. The van der Waals surface area contributed by atoms with E-state index in [1.54, 1.807) is 0 Å². The molecule has 0 aliphatic heterocycles. The zero-order valence-corrected chi connectivity index (χ0v) is 8.66. The molecule has 1 N–H and O–H groups in total. The summed E-state index contributed by atoms with van der Waals surface area (Å²) in [6.07, 6.45) is -4.64. The van der Waals surface area contributed by atoms with Crippen molar-refractivity contribution in [2.45, 2.75) is 18.4 Å². The quantitative estimate of drug-likeness (QED) is 0.794. The van der Waals surface area contributed by atoms with Crippen LogP contribution in [-0.4, -0.2) is 10.2 Å². The summed E-state index contributed by atoms with van der Waals surface area (Å²) < 4.78 is 37.1. The maximum Gasteiger partial charge on any atom is 0.422 e. The second-order valence-corrected chi connectivity index (χ2v) is 3.19. The normalized spacial score (nSPS) is 11.8. The number of hydrogen-bond donors (Lipinski definition) is 1. The Balaban J connectivity index is 3.49. The topological polar surface area (TPSA) is 45.8 Å². The average molecular weight is 271 g/mol. The number of nitrogens with zero attached hydrogens (tertiary/aromatic N) is 1. The Morgan fingerprint density at radius 1 is 1.50 bits per heavy atom. The Hall–Kier alpha value is -0.850. The molecule has 3 nitrogen and oxygen atoms in total. The van der Waals surface area contributed by atoms with E-state index in [2.05, 4.69) is 21.0 Å². The highest BCUT2D eigenvalue weighted by molar-refractivity contribution is 9.08. The van der Waals surface area contributed by atoms with Crippen LogP contribution >= 0.6 is 15.9 Å². The van der Waals surface area contributed by atoms with Crippen molar-refractivity contribution in [3.8, 4) is 0 Å². The van der Waals surface area contributed by atoms with Crippen LogP contribution in [0.1, 0.15) is 16.8 Å². The van der Waals surface area contributed by atoms with Gasteiger partial charge in [0.1, 0.15) is 5.56 Å². The van der Waals surface area contributed by atoms with Crippen LogP contribution in [-0.2, 0) is 11.5 Å². The van der Waals surface area contributed by atoms with Crippen LogP contribution in [0, 0.1) is 6.92 Å². The molecule has 1 heterocycles. The summed E-state index contributed by atoms with van der Waals surface area (Å²) in [5.74, 6) is 0. The van der Waals surface area contributed by atoms with Crippen molar-refractivity contribution in [3.05, 3.63) is 27.2 Å². The van der Waals surface area contributed by atoms with Gasteiger partial charge in [0.25, 0.3) is 5.56 Å². The third kappa shape index (κ3) is 1.97. The fourth-order valence-electron chi connectivity index (χ4n) is 1.04. The van der Waals surface area contributed by atoms with Crippen molar-refractivity contribution in [2.75, 3.05) is 0 Å². The molecule has 0 aliphatic rings. The summed E-state index contributed by atoms with van der Waals surface area (Å²) in [7, 11) is 0. The number of nitrogens with one attached hydrogen (secondary N) is 1. The standard InChI is InChI=1S/C7H6BrF3N2O/c1-3-4(2-8)12-13-6(14)5(3)7(9,10)11/h2H2,1H3,(H,13,14). The minimum atomic E-state index is -4.64. The second-order valence-electron chi connectivity index (χ2n) is 2.63. The molecule has 0 spiro atoms. The Labute approximate surface area is 85.5 Å². The van der Waals surface area contributed by atoms with Crippen molar-refractivity contribution in [3.63, 3.8) is 0 Å². The Kier molecular flexibility index (Phi) is 2.98. The second kappa shape index (κ2) is 3.72. The van der Waals surface area contributed by atoms with E-state index in [0.29, 0.717) is 0 Å². The van der Waals surface area contributed by atoms with Crippen LogP contribution < -0.4 is 5.56 Å². The van der Waals surface area contributed by atoms with Crippen LogP contribution in [0.5, 0.6) is 0 Å². The lowest BCUT2D eigenvalue weighted by Gasteiger charge is -2.10. The summed E-state index contributed by atoms with van der Waals surface area (Å²) in [4.78, 5) is 10.9. The molecule has 1 aromatic heterocycles. The number of aromatic nitrogens is 2. The first kappa shape index (κ1) is 11.2. The highest BCUT2D eigenvalue weighted by Gasteiger charge is 2.36. The Bertz CT molecular complexity index is 399. The fourth-order valence-corrected chi connectivity index (χ4v) is 1.59. The number of rotatable bonds is 1. The van der Waals surface area contributed by atoms with E-state index >= 15 is 0 Å². The number of alkyl halides is 4. The molecular formula is C7H6BrF3N2O. The van der Waals surface area contributed by atoms with Gasteiger partial charge in [-0.3, -0.25) is 4.79 Å². The third-order valence-corrected chi connectivity index (χ3v) is 2.27. The van der Waals surface area contributed by atoms with E-state index in [-0.39, 0.29) is 16.6 Å². The molecule has 0 amide bonds. The SMILES string of the molecule is Cc1c(CBr)n[nH]c(=O)c1C(F)(F)F. The first-order chi connectivity index (χ1) is 6.38. The van der Waals surface area contributed by atoms with E-state index in [1.165, 1.54) is 6.92 Å². The lowest BCUT2D eigenvalue weighted by atomic mass is 10.1. The fraction of sp³-hybridized carbons (Fsp3) is 0.429. The number of halogens is 4. The van der Waals surface area contributed by atoms with Gasteiger partial charge in [0.05, 0.1) is 5.69 Å². The molecule has 0 saturated heterocycles. The highest BCUT2D eigenvalue weighted by atomic mass is 79.9.